The molecule has 144 valence electrons. The molecule has 0 aliphatic rings. The number of halogens is 3. The quantitative estimate of drug-likeness (QED) is 0.584. The Labute approximate surface area is 162 Å². The molecule has 11 heteroatoms. The highest BCUT2D eigenvalue weighted by Crippen LogP contribution is 2.30. The minimum atomic E-state index is -4.01. The average molecular weight is 461 g/mol. The molecule has 3 aromatic rings. The first-order valence-corrected chi connectivity index (χ1v) is 9.97. The molecule has 0 atom stereocenters. The van der Waals surface area contributed by atoms with Crippen LogP contribution in [0.15, 0.2) is 33.9 Å². The molecule has 2 heterocycles. The van der Waals surface area contributed by atoms with E-state index < -0.39 is 22.9 Å². The van der Waals surface area contributed by atoms with Gasteiger partial charge in [0, 0.05) is 34.2 Å². The van der Waals surface area contributed by atoms with Gasteiger partial charge >= 0.3 is 0 Å². The summed E-state index contributed by atoms with van der Waals surface area (Å²) in [6.45, 7) is 1.85. The van der Waals surface area contributed by atoms with Crippen molar-refractivity contribution >= 4 is 42.8 Å². The number of fused-ring (bicyclic) bond motifs is 1. The minimum Gasteiger partial charge on any atom is -0.481 e. The minimum absolute atomic E-state index is 0.0207. The number of hydrogen-bond acceptors (Lipinski definition) is 5. The number of H-pyrrole nitrogens is 1. The molecule has 0 unspecified atom stereocenters. The predicted molar refractivity (Wildman–Crippen MR) is 99.8 cm³/mol. The zero-order valence-electron chi connectivity index (χ0n) is 14.3. The molecule has 0 bridgehead atoms. The summed E-state index contributed by atoms with van der Waals surface area (Å²) in [6, 6.07) is 3.42. The lowest BCUT2D eigenvalue weighted by molar-refractivity contribution is 0.147. The van der Waals surface area contributed by atoms with E-state index in [1.165, 1.54) is 13.3 Å². The third-order valence-electron chi connectivity index (χ3n) is 3.92. The van der Waals surface area contributed by atoms with E-state index in [-0.39, 0.29) is 22.3 Å². The van der Waals surface area contributed by atoms with Crippen LogP contribution in [-0.2, 0) is 16.4 Å². The van der Waals surface area contributed by atoms with Crippen LogP contribution in [-0.4, -0.2) is 36.9 Å². The third kappa shape index (κ3) is 3.88. The summed E-state index contributed by atoms with van der Waals surface area (Å²) in [6.07, 6.45) is -0.702. The SMILES string of the molecule is COc1nc(NS(=O)(=O)c2c[nH]c3c(C)c(Br)ccc23)ncc1CC(F)F. The van der Waals surface area contributed by atoms with Gasteiger partial charge in [-0.05, 0) is 18.6 Å². The summed E-state index contributed by atoms with van der Waals surface area (Å²) in [4.78, 5) is 10.7. The zero-order valence-corrected chi connectivity index (χ0v) is 16.7. The molecule has 1 aromatic carbocycles. The summed E-state index contributed by atoms with van der Waals surface area (Å²) in [5.41, 5.74) is 1.63. The first kappa shape index (κ1) is 19.5. The smallest absolute Gasteiger partial charge is 0.266 e. The summed E-state index contributed by atoms with van der Waals surface area (Å²) in [7, 11) is -2.75. The maximum atomic E-state index is 12.8. The van der Waals surface area contributed by atoms with Gasteiger partial charge in [-0.3, -0.25) is 0 Å². The van der Waals surface area contributed by atoms with Gasteiger partial charge in [0.05, 0.1) is 12.6 Å². The lowest BCUT2D eigenvalue weighted by Gasteiger charge is -2.10. The largest absolute Gasteiger partial charge is 0.481 e. The van der Waals surface area contributed by atoms with Crippen molar-refractivity contribution in [1.29, 1.82) is 0 Å². The standard InChI is InChI=1S/C16H15BrF2N4O3S/c1-8-11(17)4-3-10-12(7-20-14(8)10)27(24,25)23-16-21-6-9(5-13(18)19)15(22-16)26-2/h3-4,6-7,13,20H,5H2,1-2H3,(H,21,22,23). The zero-order chi connectivity index (χ0) is 19.8. The number of anilines is 1. The Morgan fingerprint density at radius 3 is 2.78 bits per heavy atom. The van der Waals surface area contributed by atoms with Gasteiger partial charge in [0.1, 0.15) is 4.90 Å². The summed E-state index contributed by atoms with van der Waals surface area (Å²) in [5.74, 6) is -0.380. The molecule has 0 amide bonds. The lowest BCUT2D eigenvalue weighted by Crippen LogP contribution is -2.15. The van der Waals surface area contributed by atoms with E-state index in [4.69, 9.17) is 4.74 Å². The van der Waals surface area contributed by atoms with Gasteiger partial charge in [0.15, 0.2) is 0 Å². The summed E-state index contributed by atoms with van der Waals surface area (Å²) in [5, 5.41) is 0.504. The van der Waals surface area contributed by atoms with Crippen LogP contribution in [0.5, 0.6) is 5.88 Å². The molecule has 0 aliphatic carbocycles. The van der Waals surface area contributed by atoms with Crippen molar-refractivity contribution in [2.45, 2.75) is 24.7 Å². The number of rotatable bonds is 6. The Hall–Kier alpha value is -2.27. The number of nitrogens with one attached hydrogen (secondary N) is 2. The molecule has 0 spiro atoms. The van der Waals surface area contributed by atoms with E-state index in [1.54, 1.807) is 12.1 Å². The maximum absolute atomic E-state index is 12.8. The van der Waals surface area contributed by atoms with E-state index in [0.717, 1.165) is 16.2 Å². The van der Waals surface area contributed by atoms with Gasteiger partial charge in [0.2, 0.25) is 18.3 Å². The molecule has 2 aromatic heterocycles. The van der Waals surface area contributed by atoms with Crippen molar-refractivity contribution in [1.82, 2.24) is 15.0 Å². The van der Waals surface area contributed by atoms with Crippen LogP contribution in [0.3, 0.4) is 0 Å². The van der Waals surface area contributed by atoms with Crippen molar-refractivity contribution < 1.29 is 21.9 Å². The number of aromatic nitrogens is 3. The van der Waals surface area contributed by atoms with Crippen LogP contribution in [0.2, 0.25) is 0 Å². The third-order valence-corrected chi connectivity index (χ3v) is 6.15. The van der Waals surface area contributed by atoms with Crippen LogP contribution in [0, 0.1) is 6.92 Å². The van der Waals surface area contributed by atoms with Crippen LogP contribution < -0.4 is 9.46 Å². The molecule has 3 rings (SSSR count). The number of alkyl halides is 2. The second-order valence-electron chi connectivity index (χ2n) is 5.68. The topological polar surface area (TPSA) is 97.0 Å². The Balaban J connectivity index is 1.97. The lowest BCUT2D eigenvalue weighted by atomic mass is 10.2. The average Bonchev–Trinajstić information content (AvgIpc) is 3.04. The Morgan fingerprint density at radius 1 is 1.37 bits per heavy atom. The van der Waals surface area contributed by atoms with Crippen molar-refractivity contribution in [3.8, 4) is 5.88 Å². The van der Waals surface area contributed by atoms with Gasteiger partial charge in [0.25, 0.3) is 10.0 Å². The Kier molecular flexibility index (Phi) is 5.33. The van der Waals surface area contributed by atoms with Crippen LogP contribution in [0.25, 0.3) is 10.9 Å². The van der Waals surface area contributed by atoms with Crippen molar-refractivity contribution in [2.24, 2.45) is 0 Å². The maximum Gasteiger partial charge on any atom is 0.266 e. The van der Waals surface area contributed by atoms with Crippen molar-refractivity contribution in [2.75, 3.05) is 11.8 Å². The fraction of sp³-hybridized carbons (Fsp3) is 0.250. The summed E-state index contributed by atoms with van der Waals surface area (Å²) < 4.78 is 58.7. The highest BCUT2D eigenvalue weighted by Gasteiger charge is 2.22. The van der Waals surface area contributed by atoms with Gasteiger partial charge in [-0.2, -0.15) is 4.98 Å². The van der Waals surface area contributed by atoms with Crippen molar-refractivity contribution in [3.05, 3.63) is 40.1 Å². The molecule has 7 nitrogen and oxygen atoms in total. The first-order chi connectivity index (χ1) is 12.7. The predicted octanol–water partition coefficient (Wildman–Crippen LogP) is 3.65. The molecule has 27 heavy (non-hydrogen) atoms. The fourth-order valence-corrected chi connectivity index (χ4v) is 4.07. The molecule has 2 N–H and O–H groups in total. The number of hydrogen-bond donors (Lipinski definition) is 2. The van der Waals surface area contributed by atoms with Gasteiger partial charge < -0.3 is 9.72 Å². The van der Waals surface area contributed by atoms with Gasteiger partial charge in [-0.25, -0.2) is 26.9 Å². The van der Waals surface area contributed by atoms with Crippen LogP contribution in [0.4, 0.5) is 14.7 Å². The van der Waals surface area contributed by atoms with E-state index >= 15 is 0 Å². The second-order valence-corrected chi connectivity index (χ2v) is 8.18. The molecular formula is C16H15BrF2N4O3S. The molecular weight excluding hydrogens is 446 g/mol. The number of aromatic amines is 1. The van der Waals surface area contributed by atoms with E-state index in [0.29, 0.717) is 10.9 Å². The Morgan fingerprint density at radius 2 is 2.11 bits per heavy atom. The molecule has 0 fully saturated rings. The van der Waals surface area contributed by atoms with Crippen molar-refractivity contribution in [3.63, 3.8) is 0 Å². The summed E-state index contributed by atoms with van der Waals surface area (Å²) >= 11 is 3.40. The highest BCUT2D eigenvalue weighted by molar-refractivity contribution is 9.10. The fourth-order valence-electron chi connectivity index (χ4n) is 2.61. The number of nitrogens with zero attached hydrogens (tertiary/aromatic N) is 2. The van der Waals surface area contributed by atoms with Gasteiger partial charge in [-0.1, -0.05) is 22.0 Å². The normalized spacial score (nSPS) is 11.9. The second kappa shape index (κ2) is 7.39. The van der Waals surface area contributed by atoms with E-state index in [2.05, 4.69) is 35.6 Å². The van der Waals surface area contributed by atoms with Gasteiger partial charge in [-0.15, -0.1) is 0 Å². The Bertz CT molecular complexity index is 1100. The number of methoxy groups -OCH3 is 1. The molecule has 0 aliphatic heterocycles. The number of ether oxygens (including phenoxy) is 1. The first-order valence-electron chi connectivity index (χ1n) is 7.70. The molecule has 0 radical (unpaired) electrons. The van der Waals surface area contributed by atoms with E-state index in [1.807, 2.05) is 6.92 Å². The number of aryl methyl sites for hydroxylation is 1. The highest BCUT2D eigenvalue weighted by atomic mass is 79.9. The monoisotopic (exact) mass is 460 g/mol. The van der Waals surface area contributed by atoms with Crippen LogP contribution in [0.1, 0.15) is 11.1 Å². The number of sulfonamides is 1. The molecule has 0 saturated heterocycles. The number of benzene rings is 1. The van der Waals surface area contributed by atoms with Crippen LogP contribution >= 0.6 is 15.9 Å². The van der Waals surface area contributed by atoms with E-state index in [9.17, 15) is 17.2 Å². The molecule has 0 saturated carbocycles.